The molecular formula is C56H74N2O8S2. The third-order valence-corrected chi connectivity index (χ3v) is 14.3. The number of anilines is 2. The molecule has 0 N–H and O–H groups in total. The number of allylic oxidation sites excluding steroid dienone is 4. The summed E-state index contributed by atoms with van der Waals surface area (Å²) in [6, 6.07) is 35.9. The lowest BCUT2D eigenvalue weighted by Crippen LogP contribution is -2.31. The first-order valence-corrected chi connectivity index (χ1v) is 27.1. The number of carbonyl (C=O) groups excluding carboxylic acids is 2. The number of rotatable bonds is 28. The lowest BCUT2D eigenvalue weighted by molar-refractivity contribution is -0.139. The Kier molecular flexibility index (Phi) is 26.1. The second-order valence-corrected chi connectivity index (χ2v) is 20.7. The molecule has 0 amide bonds. The number of benzene rings is 4. The van der Waals surface area contributed by atoms with E-state index < -0.39 is 31.6 Å². The third kappa shape index (κ3) is 19.5. The standard InChI is InChI=1S/C31H35NO4S.C25H39NO4S/c1-2-3-4-5-6-16-26-36-31(33)30(37(34,35)29-22-14-9-15-23-29)24-17-25-32(27-18-10-7-11-19-27)28-20-12-8-13-21-28;1-6-7-8-9-10-14-20-30-25(27)24(18-15-19-26(21(2)3)22(4)5)31(28,29)23-16-12-11-13-17-23/h7-15,17-25H,2-6,16,26H2,1H3;11-13,15-19,21-22H,6-10,14,20H2,1-5H3/b25-17+,30-24-;19-15+,24-18-. The first kappa shape index (κ1) is 56.6. The zero-order valence-corrected chi connectivity index (χ0v) is 42.7. The molecule has 4 rings (SSSR count). The van der Waals surface area contributed by atoms with Crippen LogP contribution in [0.5, 0.6) is 0 Å². The van der Waals surface area contributed by atoms with Crippen LogP contribution in [0, 0.1) is 0 Å². The Bertz CT molecular complexity index is 2350. The van der Waals surface area contributed by atoms with E-state index in [9.17, 15) is 26.4 Å². The summed E-state index contributed by atoms with van der Waals surface area (Å²) in [6.45, 7) is 13.0. The molecule has 68 heavy (non-hydrogen) atoms. The van der Waals surface area contributed by atoms with Crippen molar-refractivity contribution >= 4 is 43.0 Å². The summed E-state index contributed by atoms with van der Waals surface area (Å²) in [5, 5.41) is 0. The molecule has 10 nitrogen and oxygen atoms in total. The minimum Gasteiger partial charge on any atom is -0.462 e. The van der Waals surface area contributed by atoms with Crippen LogP contribution in [0.15, 0.2) is 178 Å². The van der Waals surface area contributed by atoms with Crippen molar-refractivity contribution in [3.63, 3.8) is 0 Å². The zero-order chi connectivity index (χ0) is 49.6. The largest absolute Gasteiger partial charge is 0.462 e. The van der Waals surface area contributed by atoms with E-state index in [2.05, 4.69) is 46.4 Å². The summed E-state index contributed by atoms with van der Waals surface area (Å²) >= 11 is 0. The van der Waals surface area contributed by atoms with Gasteiger partial charge in [0.15, 0.2) is 9.81 Å². The van der Waals surface area contributed by atoms with Crippen molar-refractivity contribution in [1.82, 2.24) is 4.90 Å². The Balaban J connectivity index is 0.000000367. The highest BCUT2D eigenvalue weighted by Crippen LogP contribution is 2.27. The molecule has 0 radical (unpaired) electrons. The monoisotopic (exact) mass is 966 g/mol. The molecule has 0 aliphatic rings. The van der Waals surface area contributed by atoms with Gasteiger partial charge in [-0.3, -0.25) is 0 Å². The number of ether oxygens (including phenoxy) is 2. The van der Waals surface area contributed by atoms with E-state index in [0.717, 1.165) is 49.9 Å². The van der Waals surface area contributed by atoms with Gasteiger partial charge in [0.2, 0.25) is 19.7 Å². The quantitative estimate of drug-likeness (QED) is 0.0235. The van der Waals surface area contributed by atoms with Gasteiger partial charge in [0, 0.05) is 29.7 Å². The van der Waals surface area contributed by atoms with Gasteiger partial charge in [-0.1, -0.05) is 151 Å². The topological polar surface area (TPSA) is 127 Å². The van der Waals surface area contributed by atoms with Crippen molar-refractivity contribution < 1.29 is 35.9 Å². The van der Waals surface area contributed by atoms with Crippen LogP contribution in [-0.2, 0) is 38.7 Å². The normalized spacial score (nSPS) is 12.3. The van der Waals surface area contributed by atoms with Gasteiger partial charge in [-0.2, -0.15) is 0 Å². The number of para-hydroxylation sites is 2. The zero-order valence-electron chi connectivity index (χ0n) is 41.0. The Morgan fingerprint density at radius 3 is 1.15 bits per heavy atom. The summed E-state index contributed by atoms with van der Waals surface area (Å²) in [5.41, 5.74) is 1.80. The lowest BCUT2D eigenvalue weighted by Gasteiger charge is -2.29. The lowest BCUT2D eigenvalue weighted by atomic mass is 10.1. The van der Waals surface area contributed by atoms with Gasteiger partial charge in [-0.15, -0.1) is 0 Å². The summed E-state index contributed by atoms with van der Waals surface area (Å²) < 4.78 is 63.7. The predicted octanol–water partition coefficient (Wildman–Crippen LogP) is 13.5. The average Bonchev–Trinajstić information content (AvgIpc) is 3.34. The molecule has 0 bridgehead atoms. The smallest absolute Gasteiger partial charge is 0.350 e. The maximum Gasteiger partial charge on any atom is 0.350 e. The molecule has 0 aliphatic heterocycles. The van der Waals surface area contributed by atoms with Crippen LogP contribution in [0.4, 0.5) is 11.4 Å². The Labute approximate surface area is 408 Å². The summed E-state index contributed by atoms with van der Waals surface area (Å²) in [6.07, 6.45) is 22.0. The van der Waals surface area contributed by atoms with Gasteiger partial charge in [0.1, 0.15) is 0 Å². The SMILES string of the molecule is CCCCCCCCOC(=O)/C(=C/C=C/N(C(C)C)C(C)C)S(=O)(=O)c1ccccc1.CCCCCCCCOC(=O)/C(=C/C=C/N(c1ccccc1)c1ccccc1)S(=O)(=O)c1ccccc1. The van der Waals surface area contributed by atoms with Crippen LogP contribution in [0.2, 0.25) is 0 Å². The molecule has 0 aromatic heterocycles. The van der Waals surface area contributed by atoms with Crippen molar-refractivity contribution in [1.29, 1.82) is 0 Å². The van der Waals surface area contributed by atoms with Crippen LogP contribution < -0.4 is 4.90 Å². The van der Waals surface area contributed by atoms with Crippen LogP contribution >= 0.6 is 0 Å². The number of sulfone groups is 2. The fourth-order valence-corrected chi connectivity index (χ4v) is 9.72. The van der Waals surface area contributed by atoms with Crippen LogP contribution in [-0.4, -0.2) is 59.0 Å². The van der Waals surface area contributed by atoms with E-state index in [-0.39, 0.29) is 44.9 Å². The van der Waals surface area contributed by atoms with Gasteiger partial charge >= 0.3 is 11.9 Å². The van der Waals surface area contributed by atoms with E-state index in [1.54, 1.807) is 54.8 Å². The van der Waals surface area contributed by atoms with Crippen molar-refractivity contribution in [2.45, 2.75) is 140 Å². The second-order valence-electron chi connectivity index (χ2n) is 16.9. The molecule has 0 spiro atoms. The Morgan fingerprint density at radius 1 is 0.471 bits per heavy atom. The minimum atomic E-state index is -4.07. The molecule has 368 valence electrons. The number of unbranched alkanes of at least 4 members (excludes halogenated alkanes) is 10. The number of nitrogens with zero attached hydrogens (tertiary/aromatic N) is 2. The van der Waals surface area contributed by atoms with Crippen LogP contribution in [0.25, 0.3) is 0 Å². The number of hydrogen-bond donors (Lipinski definition) is 0. The Morgan fingerprint density at radius 2 is 0.794 bits per heavy atom. The highest BCUT2D eigenvalue weighted by Gasteiger charge is 2.29. The number of esters is 2. The first-order valence-electron chi connectivity index (χ1n) is 24.1. The minimum absolute atomic E-state index is 0.0501. The highest BCUT2D eigenvalue weighted by atomic mass is 32.2. The maximum absolute atomic E-state index is 13.4. The fourth-order valence-electron chi connectivity index (χ4n) is 7.11. The van der Waals surface area contributed by atoms with Gasteiger partial charge in [-0.25, -0.2) is 26.4 Å². The summed E-state index contributed by atoms with van der Waals surface area (Å²) in [7, 11) is -8.04. The summed E-state index contributed by atoms with van der Waals surface area (Å²) in [4.78, 5) is 29.1. The maximum atomic E-state index is 13.4. The van der Waals surface area contributed by atoms with Gasteiger partial charge in [0.05, 0.1) is 23.0 Å². The number of hydrogen-bond acceptors (Lipinski definition) is 10. The highest BCUT2D eigenvalue weighted by molar-refractivity contribution is 7.96. The molecule has 0 heterocycles. The van der Waals surface area contributed by atoms with Crippen LogP contribution in [0.1, 0.15) is 119 Å². The molecule has 4 aromatic carbocycles. The van der Waals surface area contributed by atoms with E-state index >= 15 is 0 Å². The number of carbonyl (C=O) groups is 2. The van der Waals surface area contributed by atoms with E-state index in [4.69, 9.17) is 9.47 Å². The van der Waals surface area contributed by atoms with Crippen molar-refractivity contribution in [2.75, 3.05) is 18.1 Å². The van der Waals surface area contributed by atoms with Gasteiger partial charge in [-0.05, 0) is 120 Å². The van der Waals surface area contributed by atoms with Crippen LogP contribution in [0.3, 0.4) is 0 Å². The molecule has 0 atom stereocenters. The second kappa shape index (κ2) is 31.3. The van der Waals surface area contributed by atoms with E-state index in [1.807, 2.05) is 71.8 Å². The molecule has 0 saturated heterocycles. The van der Waals surface area contributed by atoms with Crippen molar-refractivity contribution in [2.24, 2.45) is 0 Å². The molecule has 0 saturated carbocycles. The predicted molar refractivity (Wildman–Crippen MR) is 278 cm³/mol. The molecular weight excluding hydrogens is 893 g/mol. The van der Waals surface area contributed by atoms with Gasteiger partial charge < -0.3 is 19.3 Å². The summed E-state index contributed by atoms with van der Waals surface area (Å²) in [5.74, 6) is -1.64. The fraction of sp³-hybridized carbons (Fsp3) is 0.393. The molecule has 4 aromatic rings. The molecule has 0 unspecified atom stereocenters. The van der Waals surface area contributed by atoms with Crippen molar-refractivity contribution in [3.05, 3.63) is 168 Å². The molecule has 0 aliphatic carbocycles. The van der Waals surface area contributed by atoms with Gasteiger partial charge in [0.25, 0.3) is 0 Å². The molecule has 12 heteroatoms. The molecule has 0 fully saturated rings. The van der Waals surface area contributed by atoms with E-state index in [0.29, 0.717) is 6.42 Å². The first-order chi connectivity index (χ1) is 32.7. The Hall–Kier alpha value is -5.72. The average molecular weight is 967 g/mol. The third-order valence-electron chi connectivity index (χ3n) is 10.8. The van der Waals surface area contributed by atoms with Crippen molar-refractivity contribution in [3.8, 4) is 0 Å². The van der Waals surface area contributed by atoms with E-state index in [1.165, 1.54) is 68.5 Å².